The van der Waals surface area contributed by atoms with E-state index in [2.05, 4.69) is 11.4 Å². The molecule has 2 aliphatic heterocycles. The van der Waals surface area contributed by atoms with Gasteiger partial charge in [-0.3, -0.25) is 14.5 Å². The molecule has 4 heterocycles. The number of rotatable bonds is 6. The molecule has 9 heteroatoms. The zero-order chi connectivity index (χ0) is 22.7. The van der Waals surface area contributed by atoms with Crippen molar-refractivity contribution in [3.63, 3.8) is 0 Å². The molecule has 1 N–H and O–H groups in total. The fourth-order valence-electron chi connectivity index (χ4n) is 4.39. The number of aromatic nitrogens is 1. The zero-order valence-corrected chi connectivity index (χ0v) is 18.6. The normalized spacial score (nSPS) is 19.2. The van der Waals surface area contributed by atoms with E-state index in [1.165, 1.54) is 6.26 Å². The molecular formula is C23H29N5O4. The van der Waals surface area contributed by atoms with E-state index in [1.807, 2.05) is 23.3 Å². The molecule has 9 nitrogen and oxygen atoms in total. The van der Waals surface area contributed by atoms with E-state index in [1.54, 1.807) is 17.0 Å². The van der Waals surface area contributed by atoms with Gasteiger partial charge in [0, 0.05) is 38.5 Å². The molecule has 0 saturated carbocycles. The number of amides is 2. The fraction of sp³-hybridized carbons (Fsp3) is 0.522. The predicted octanol–water partition coefficient (Wildman–Crippen LogP) is 2.15. The average Bonchev–Trinajstić information content (AvgIpc) is 3.54. The highest BCUT2D eigenvalue weighted by Gasteiger charge is 2.27. The molecule has 1 atom stereocenters. The topological polar surface area (TPSA) is 104 Å². The lowest BCUT2D eigenvalue weighted by Gasteiger charge is -2.33. The van der Waals surface area contributed by atoms with Crippen molar-refractivity contribution in [1.29, 1.82) is 5.26 Å². The maximum atomic E-state index is 12.9. The van der Waals surface area contributed by atoms with Gasteiger partial charge < -0.3 is 23.9 Å². The monoisotopic (exact) mass is 439 g/mol. The number of carbonyl (C=O) groups is 2. The van der Waals surface area contributed by atoms with E-state index in [0.29, 0.717) is 49.9 Å². The molecule has 2 aliphatic rings. The Labute approximate surface area is 187 Å². The van der Waals surface area contributed by atoms with E-state index < -0.39 is 0 Å². The molecule has 4 rings (SSSR count). The standard InChI is InChI=1S/C23H29N5O4/c1-16-17(2)28(14-18-5-3-11-31-18)22(19(16)13-24)25-21(29)15-26-7-9-27(10-8-26)23(30)20-6-4-12-32-20/h4,6,12,18H,3,5,7-11,14-15H2,1-2H3,(H,25,29)/t18-/m1/s1. The van der Waals surface area contributed by atoms with Crippen molar-refractivity contribution >= 4 is 17.6 Å². The minimum atomic E-state index is -0.168. The van der Waals surface area contributed by atoms with E-state index in [-0.39, 0.29) is 24.5 Å². The first-order valence-electron chi connectivity index (χ1n) is 11.0. The van der Waals surface area contributed by atoms with Crippen LogP contribution < -0.4 is 5.32 Å². The second-order valence-electron chi connectivity index (χ2n) is 8.39. The second kappa shape index (κ2) is 9.59. The maximum Gasteiger partial charge on any atom is 0.289 e. The van der Waals surface area contributed by atoms with Crippen LogP contribution in [0.5, 0.6) is 0 Å². The van der Waals surface area contributed by atoms with Crippen LogP contribution in [-0.2, 0) is 16.1 Å². The smallest absolute Gasteiger partial charge is 0.289 e. The Morgan fingerprint density at radius 2 is 2.03 bits per heavy atom. The van der Waals surface area contributed by atoms with Gasteiger partial charge >= 0.3 is 0 Å². The number of carbonyl (C=O) groups excluding carboxylic acids is 2. The van der Waals surface area contributed by atoms with E-state index >= 15 is 0 Å². The van der Waals surface area contributed by atoms with Gasteiger partial charge in [-0.1, -0.05) is 0 Å². The number of nitrogens with one attached hydrogen (secondary N) is 1. The Kier molecular flexibility index (Phi) is 6.63. The van der Waals surface area contributed by atoms with Gasteiger partial charge in [-0.15, -0.1) is 0 Å². The van der Waals surface area contributed by atoms with Gasteiger partial charge in [0.1, 0.15) is 11.9 Å². The minimum Gasteiger partial charge on any atom is -0.459 e. The van der Waals surface area contributed by atoms with Gasteiger partial charge in [0.25, 0.3) is 5.91 Å². The van der Waals surface area contributed by atoms with Crippen LogP contribution in [0.3, 0.4) is 0 Å². The molecule has 0 unspecified atom stereocenters. The number of furan rings is 1. The number of nitrogens with zero attached hydrogens (tertiary/aromatic N) is 4. The number of hydrogen-bond acceptors (Lipinski definition) is 6. The van der Waals surface area contributed by atoms with Crippen molar-refractivity contribution in [1.82, 2.24) is 14.4 Å². The van der Waals surface area contributed by atoms with Gasteiger partial charge in [0.15, 0.2) is 5.76 Å². The highest BCUT2D eigenvalue weighted by molar-refractivity contribution is 5.93. The molecule has 32 heavy (non-hydrogen) atoms. The third kappa shape index (κ3) is 4.56. The molecule has 2 fully saturated rings. The molecule has 2 aromatic rings. The van der Waals surface area contributed by atoms with Gasteiger partial charge in [-0.05, 0) is 44.4 Å². The lowest BCUT2D eigenvalue weighted by Crippen LogP contribution is -2.50. The Hall–Kier alpha value is -3.09. The number of piperazine rings is 1. The summed E-state index contributed by atoms with van der Waals surface area (Å²) in [6.07, 6.45) is 3.60. The minimum absolute atomic E-state index is 0.0995. The third-order valence-electron chi connectivity index (χ3n) is 6.37. The summed E-state index contributed by atoms with van der Waals surface area (Å²) < 4.78 is 13.0. The molecule has 0 bridgehead atoms. The quantitative estimate of drug-likeness (QED) is 0.740. The largest absolute Gasteiger partial charge is 0.459 e. The number of nitriles is 1. The summed E-state index contributed by atoms with van der Waals surface area (Å²) in [5, 5.41) is 12.7. The molecule has 0 aliphatic carbocycles. The highest BCUT2D eigenvalue weighted by atomic mass is 16.5. The summed E-state index contributed by atoms with van der Waals surface area (Å²) in [5.74, 6) is 0.585. The summed E-state index contributed by atoms with van der Waals surface area (Å²) in [4.78, 5) is 29.0. The van der Waals surface area contributed by atoms with E-state index in [9.17, 15) is 14.9 Å². The Bertz CT molecular complexity index is 1010. The number of anilines is 1. The van der Waals surface area contributed by atoms with Crippen LogP contribution in [0.1, 0.15) is 40.2 Å². The molecule has 2 saturated heterocycles. The zero-order valence-electron chi connectivity index (χ0n) is 18.6. The van der Waals surface area contributed by atoms with Crippen LogP contribution in [0.2, 0.25) is 0 Å². The summed E-state index contributed by atoms with van der Waals surface area (Å²) >= 11 is 0. The number of hydrogen-bond donors (Lipinski definition) is 1. The summed E-state index contributed by atoms with van der Waals surface area (Å²) in [6, 6.07) is 5.60. The fourth-order valence-corrected chi connectivity index (χ4v) is 4.39. The van der Waals surface area contributed by atoms with Gasteiger partial charge in [-0.25, -0.2) is 0 Å². The van der Waals surface area contributed by atoms with Crippen LogP contribution in [0.15, 0.2) is 22.8 Å². The van der Waals surface area contributed by atoms with Crippen LogP contribution in [0.25, 0.3) is 0 Å². The van der Waals surface area contributed by atoms with Crippen molar-refractivity contribution in [2.75, 3.05) is 44.6 Å². The Balaban J connectivity index is 1.37. The third-order valence-corrected chi connectivity index (χ3v) is 6.37. The van der Waals surface area contributed by atoms with Gasteiger partial charge in [-0.2, -0.15) is 5.26 Å². The lowest BCUT2D eigenvalue weighted by molar-refractivity contribution is -0.117. The molecule has 0 spiro atoms. The van der Waals surface area contributed by atoms with Crippen LogP contribution in [-0.4, -0.2) is 71.6 Å². The highest BCUT2D eigenvalue weighted by Crippen LogP contribution is 2.28. The molecular weight excluding hydrogens is 410 g/mol. The maximum absolute atomic E-state index is 12.9. The second-order valence-corrected chi connectivity index (χ2v) is 8.39. The predicted molar refractivity (Wildman–Crippen MR) is 117 cm³/mol. The van der Waals surface area contributed by atoms with Crippen molar-refractivity contribution < 1.29 is 18.7 Å². The number of ether oxygens (including phenoxy) is 1. The first-order valence-corrected chi connectivity index (χ1v) is 11.0. The summed E-state index contributed by atoms with van der Waals surface area (Å²) in [5.41, 5.74) is 2.35. The average molecular weight is 440 g/mol. The molecule has 170 valence electrons. The van der Waals surface area contributed by atoms with Gasteiger partial charge in [0.2, 0.25) is 5.91 Å². The van der Waals surface area contributed by atoms with Gasteiger partial charge in [0.05, 0.1) is 31.0 Å². The molecule has 2 aromatic heterocycles. The molecule has 2 amide bonds. The summed E-state index contributed by atoms with van der Waals surface area (Å²) in [7, 11) is 0. The Morgan fingerprint density at radius 3 is 2.66 bits per heavy atom. The first kappa shape index (κ1) is 22.1. The van der Waals surface area contributed by atoms with Crippen LogP contribution in [0.4, 0.5) is 5.82 Å². The van der Waals surface area contributed by atoms with E-state index in [4.69, 9.17) is 9.15 Å². The first-order chi connectivity index (χ1) is 15.5. The van der Waals surface area contributed by atoms with Crippen LogP contribution >= 0.6 is 0 Å². The summed E-state index contributed by atoms with van der Waals surface area (Å²) in [6.45, 7) is 7.72. The SMILES string of the molecule is Cc1c(C#N)c(NC(=O)CN2CCN(C(=O)c3ccco3)CC2)n(C[C@H]2CCCO2)c1C. The van der Waals surface area contributed by atoms with E-state index in [0.717, 1.165) is 30.7 Å². The van der Waals surface area contributed by atoms with Crippen molar-refractivity contribution in [2.24, 2.45) is 0 Å². The van der Waals surface area contributed by atoms with Crippen molar-refractivity contribution in [3.8, 4) is 6.07 Å². The lowest BCUT2D eigenvalue weighted by atomic mass is 10.2. The van der Waals surface area contributed by atoms with Crippen molar-refractivity contribution in [2.45, 2.75) is 39.3 Å². The molecule has 0 aromatic carbocycles. The van der Waals surface area contributed by atoms with Crippen LogP contribution in [0, 0.1) is 25.2 Å². The molecule has 0 radical (unpaired) electrons. The Morgan fingerprint density at radius 1 is 1.25 bits per heavy atom. The van der Waals surface area contributed by atoms with Crippen molar-refractivity contribution in [3.05, 3.63) is 41.0 Å².